The van der Waals surface area contributed by atoms with Gasteiger partial charge in [-0.05, 0) is 37.8 Å². The summed E-state index contributed by atoms with van der Waals surface area (Å²) >= 11 is 5.56. The van der Waals surface area contributed by atoms with Crippen molar-refractivity contribution in [1.82, 2.24) is 19.2 Å². The molecule has 7 heteroatoms. The molecular formula is C18H25N5OS. The molecule has 1 fully saturated rings. The normalized spacial score (nSPS) is 15.4. The number of hydrogen-bond donors (Lipinski definition) is 1. The first-order valence-corrected chi connectivity index (χ1v) is 9.06. The van der Waals surface area contributed by atoms with Crippen LogP contribution in [-0.2, 0) is 7.05 Å². The topological polar surface area (TPSA) is 45.4 Å². The minimum atomic E-state index is -0.0826. The van der Waals surface area contributed by atoms with E-state index in [0.717, 1.165) is 44.1 Å². The third-order valence-corrected chi connectivity index (χ3v) is 5.25. The van der Waals surface area contributed by atoms with Crippen molar-refractivity contribution in [2.45, 2.75) is 13.8 Å². The molecule has 1 aliphatic rings. The third-order valence-electron chi connectivity index (χ3n) is 4.89. The lowest BCUT2D eigenvalue weighted by Crippen LogP contribution is -2.50. The molecule has 0 radical (unpaired) electrons. The van der Waals surface area contributed by atoms with Gasteiger partial charge in [0.1, 0.15) is 5.69 Å². The number of para-hydroxylation sites is 1. The predicted octanol–water partition coefficient (Wildman–Crippen LogP) is 1.82. The molecule has 1 N–H and O–H groups in total. The van der Waals surface area contributed by atoms with E-state index in [2.05, 4.69) is 22.0 Å². The molecule has 1 aromatic carbocycles. The summed E-state index contributed by atoms with van der Waals surface area (Å²) in [4.78, 5) is 17.5. The summed E-state index contributed by atoms with van der Waals surface area (Å²) in [7, 11) is 1.89. The van der Waals surface area contributed by atoms with Gasteiger partial charge in [0.25, 0.3) is 5.56 Å². The first kappa shape index (κ1) is 17.7. The number of aromatic nitrogens is 2. The lowest BCUT2D eigenvalue weighted by atomic mass is 10.3. The monoisotopic (exact) mass is 359 g/mol. The number of anilines is 1. The van der Waals surface area contributed by atoms with Crippen LogP contribution in [0.25, 0.3) is 5.69 Å². The van der Waals surface area contributed by atoms with E-state index in [1.54, 1.807) is 4.68 Å². The largest absolute Gasteiger partial charge is 0.346 e. The Morgan fingerprint density at radius 2 is 1.80 bits per heavy atom. The Kier molecular flexibility index (Phi) is 5.24. The fourth-order valence-corrected chi connectivity index (χ4v) is 3.45. The van der Waals surface area contributed by atoms with Gasteiger partial charge in [0.15, 0.2) is 5.11 Å². The Morgan fingerprint density at radius 3 is 2.40 bits per heavy atom. The highest BCUT2D eigenvalue weighted by molar-refractivity contribution is 7.80. The van der Waals surface area contributed by atoms with Gasteiger partial charge in [0.05, 0.1) is 11.4 Å². The smallest absolute Gasteiger partial charge is 0.295 e. The molecule has 1 saturated heterocycles. The van der Waals surface area contributed by atoms with E-state index < -0.39 is 0 Å². The van der Waals surface area contributed by atoms with Gasteiger partial charge in [-0.1, -0.05) is 25.1 Å². The zero-order valence-electron chi connectivity index (χ0n) is 15.0. The molecule has 2 aromatic rings. The van der Waals surface area contributed by atoms with Crippen molar-refractivity contribution in [2.75, 3.05) is 38.0 Å². The number of thiocarbonyl (C=S) groups is 1. The van der Waals surface area contributed by atoms with Gasteiger partial charge in [0.2, 0.25) is 0 Å². The summed E-state index contributed by atoms with van der Waals surface area (Å²) in [5.74, 6) is 0. The van der Waals surface area contributed by atoms with Crippen LogP contribution in [0.2, 0.25) is 0 Å². The zero-order valence-corrected chi connectivity index (χ0v) is 15.8. The van der Waals surface area contributed by atoms with E-state index in [0.29, 0.717) is 10.8 Å². The standard InChI is InChI=1S/C18H25N5OS/c1-4-21-10-12-22(13-11-21)18(25)19-16-14(2)20(3)23(17(16)24)15-8-6-5-7-9-15/h5-9H,4,10-13H2,1-3H3,(H,19,25). The van der Waals surface area contributed by atoms with Crippen molar-refractivity contribution in [3.8, 4) is 5.69 Å². The number of benzene rings is 1. The predicted molar refractivity (Wildman–Crippen MR) is 106 cm³/mol. The van der Waals surface area contributed by atoms with E-state index in [-0.39, 0.29) is 5.56 Å². The number of likely N-dealkylation sites (N-methyl/N-ethyl adjacent to an activating group) is 1. The van der Waals surface area contributed by atoms with Crippen LogP contribution in [0, 0.1) is 6.92 Å². The highest BCUT2D eigenvalue weighted by Gasteiger charge is 2.21. The number of hydrogen-bond acceptors (Lipinski definition) is 3. The molecule has 6 nitrogen and oxygen atoms in total. The summed E-state index contributed by atoms with van der Waals surface area (Å²) in [6.07, 6.45) is 0. The van der Waals surface area contributed by atoms with E-state index in [4.69, 9.17) is 12.2 Å². The lowest BCUT2D eigenvalue weighted by molar-refractivity contribution is 0.191. The maximum absolute atomic E-state index is 12.9. The van der Waals surface area contributed by atoms with Gasteiger partial charge in [-0.25, -0.2) is 4.68 Å². The van der Waals surface area contributed by atoms with Crippen LogP contribution in [0.4, 0.5) is 5.69 Å². The second kappa shape index (κ2) is 7.41. The molecule has 0 saturated carbocycles. The van der Waals surface area contributed by atoms with Crippen LogP contribution in [-0.4, -0.2) is 57.0 Å². The van der Waals surface area contributed by atoms with E-state index in [9.17, 15) is 4.79 Å². The molecule has 2 heterocycles. The van der Waals surface area contributed by atoms with Gasteiger partial charge in [-0.2, -0.15) is 0 Å². The zero-order chi connectivity index (χ0) is 18.0. The molecule has 134 valence electrons. The highest BCUT2D eigenvalue weighted by Crippen LogP contribution is 2.15. The second-order valence-electron chi connectivity index (χ2n) is 6.29. The molecule has 0 atom stereocenters. The molecule has 1 aromatic heterocycles. The first-order chi connectivity index (χ1) is 12.0. The molecule has 0 bridgehead atoms. The second-order valence-corrected chi connectivity index (χ2v) is 6.67. The van der Waals surface area contributed by atoms with Crippen LogP contribution < -0.4 is 10.9 Å². The van der Waals surface area contributed by atoms with Gasteiger partial charge in [-0.3, -0.25) is 9.48 Å². The van der Waals surface area contributed by atoms with E-state index in [1.807, 2.05) is 49.0 Å². The average molecular weight is 359 g/mol. The quantitative estimate of drug-likeness (QED) is 0.847. The molecule has 1 aliphatic heterocycles. The van der Waals surface area contributed by atoms with Crippen molar-refractivity contribution in [3.63, 3.8) is 0 Å². The Morgan fingerprint density at radius 1 is 1.16 bits per heavy atom. The van der Waals surface area contributed by atoms with Crippen molar-refractivity contribution in [2.24, 2.45) is 7.05 Å². The fourth-order valence-electron chi connectivity index (χ4n) is 3.17. The van der Waals surface area contributed by atoms with Crippen LogP contribution in [0.15, 0.2) is 35.1 Å². The Labute approximate surface area is 153 Å². The molecule has 0 amide bonds. The molecule has 3 rings (SSSR count). The van der Waals surface area contributed by atoms with Crippen LogP contribution in [0.1, 0.15) is 12.6 Å². The third kappa shape index (κ3) is 3.48. The summed E-state index contributed by atoms with van der Waals surface area (Å²) in [5, 5.41) is 3.82. The maximum Gasteiger partial charge on any atom is 0.295 e. The van der Waals surface area contributed by atoms with E-state index >= 15 is 0 Å². The summed E-state index contributed by atoms with van der Waals surface area (Å²) < 4.78 is 3.52. The van der Waals surface area contributed by atoms with Gasteiger partial charge in [0, 0.05) is 33.2 Å². The SMILES string of the molecule is CCN1CCN(C(=S)Nc2c(C)n(C)n(-c3ccccc3)c2=O)CC1. The Hall–Kier alpha value is -2.12. The lowest BCUT2D eigenvalue weighted by Gasteiger charge is -2.35. The van der Waals surface area contributed by atoms with E-state index in [1.165, 1.54) is 0 Å². The molecular weight excluding hydrogens is 334 g/mol. The fraction of sp³-hybridized carbons (Fsp3) is 0.444. The number of nitrogens with zero attached hydrogens (tertiary/aromatic N) is 4. The van der Waals surface area contributed by atoms with Crippen molar-refractivity contribution in [3.05, 3.63) is 46.4 Å². The molecule has 0 aliphatic carbocycles. The summed E-state index contributed by atoms with van der Waals surface area (Å²) in [6, 6.07) is 9.64. The number of nitrogens with one attached hydrogen (secondary N) is 1. The highest BCUT2D eigenvalue weighted by atomic mass is 32.1. The molecule has 0 unspecified atom stereocenters. The Bertz CT molecular complexity index is 803. The maximum atomic E-state index is 12.9. The number of piperazine rings is 1. The first-order valence-electron chi connectivity index (χ1n) is 8.65. The average Bonchev–Trinajstić information content (AvgIpc) is 2.86. The summed E-state index contributed by atoms with van der Waals surface area (Å²) in [5.41, 5.74) is 2.17. The van der Waals surface area contributed by atoms with Crippen LogP contribution in [0.3, 0.4) is 0 Å². The summed E-state index contributed by atoms with van der Waals surface area (Å²) in [6.45, 7) is 8.94. The van der Waals surface area contributed by atoms with Crippen LogP contribution >= 0.6 is 12.2 Å². The van der Waals surface area contributed by atoms with Crippen molar-refractivity contribution in [1.29, 1.82) is 0 Å². The minimum Gasteiger partial charge on any atom is -0.346 e. The molecule has 0 spiro atoms. The van der Waals surface area contributed by atoms with Gasteiger partial charge in [-0.15, -0.1) is 0 Å². The van der Waals surface area contributed by atoms with Gasteiger partial charge < -0.3 is 15.1 Å². The molecule has 25 heavy (non-hydrogen) atoms. The van der Waals surface area contributed by atoms with Crippen LogP contribution in [0.5, 0.6) is 0 Å². The number of rotatable bonds is 3. The van der Waals surface area contributed by atoms with Gasteiger partial charge >= 0.3 is 0 Å². The Balaban J connectivity index is 1.82. The minimum absolute atomic E-state index is 0.0826. The van der Waals surface area contributed by atoms with Crippen molar-refractivity contribution >= 4 is 23.0 Å². The van der Waals surface area contributed by atoms with Crippen molar-refractivity contribution < 1.29 is 0 Å².